The molecule has 4 atom stereocenters. The molecule has 2 rings (SSSR count). The smallest absolute Gasteiger partial charge is 0.326 e. The van der Waals surface area contributed by atoms with Crippen LogP contribution in [0.3, 0.4) is 0 Å². The Morgan fingerprint density at radius 3 is 2.21 bits per heavy atom. The van der Waals surface area contributed by atoms with Crippen molar-refractivity contribution in [2.45, 2.75) is 83.0 Å². The summed E-state index contributed by atoms with van der Waals surface area (Å²) in [5.74, 6) is -3.04. The van der Waals surface area contributed by atoms with Gasteiger partial charge in [0.1, 0.15) is 18.1 Å². The van der Waals surface area contributed by atoms with Crippen molar-refractivity contribution < 1.29 is 24.3 Å². The van der Waals surface area contributed by atoms with Crippen LogP contribution in [-0.2, 0) is 25.6 Å². The van der Waals surface area contributed by atoms with E-state index in [1.807, 2.05) is 38.1 Å². The van der Waals surface area contributed by atoms with Crippen molar-refractivity contribution in [3.63, 3.8) is 0 Å². The Balaban J connectivity index is 2.27. The Bertz CT molecular complexity index is 1240. The van der Waals surface area contributed by atoms with E-state index >= 15 is 0 Å². The van der Waals surface area contributed by atoms with Crippen LogP contribution in [0.15, 0.2) is 35.5 Å². The van der Waals surface area contributed by atoms with Crippen LogP contribution in [0.4, 0.5) is 0 Å². The van der Waals surface area contributed by atoms with Gasteiger partial charge in [-0.2, -0.15) is 0 Å². The highest BCUT2D eigenvalue weighted by Gasteiger charge is 2.31. The van der Waals surface area contributed by atoms with E-state index in [-0.39, 0.29) is 31.3 Å². The van der Waals surface area contributed by atoms with Gasteiger partial charge < -0.3 is 49.0 Å². The standard InChI is InChI=1S/C29H47N9O5/c1-17(2)14-23(37-25(39)20(31)9-5-6-12-30)26(40)38-24(15-18-16-35-21-10-4-3-8-19(18)21)27(41)36-22(28(42)43)11-7-13-34-29(32)33/h3-4,8,10,16-17,20,22-24,35H,5-7,9,11-15,30-31H2,1-2H3,(H,36,41)(H,37,39)(H,38,40)(H,42,43)(H4,32,33,34). The number of nitrogens with one attached hydrogen (secondary N) is 4. The van der Waals surface area contributed by atoms with Gasteiger partial charge in [-0.05, 0) is 56.2 Å². The highest BCUT2D eigenvalue weighted by atomic mass is 16.4. The fraction of sp³-hybridized carbons (Fsp3) is 0.552. The van der Waals surface area contributed by atoms with E-state index in [0.717, 1.165) is 22.9 Å². The molecule has 43 heavy (non-hydrogen) atoms. The molecule has 0 bridgehead atoms. The number of aliphatic imine (C=N–C) groups is 1. The lowest BCUT2D eigenvalue weighted by atomic mass is 10.00. The summed E-state index contributed by atoms with van der Waals surface area (Å²) in [6.45, 7) is 4.50. The van der Waals surface area contributed by atoms with Crippen molar-refractivity contribution in [3.05, 3.63) is 36.0 Å². The van der Waals surface area contributed by atoms with Gasteiger partial charge in [0.25, 0.3) is 0 Å². The van der Waals surface area contributed by atoms with E-state index in [4.69, 9.17) is 22.9 Å². The average molecular weight is 602 g/mol. The zero-order valence-electron chi connectivity index (χ0n) is 25.0. The third-order valence-corrected chi connectivity index (χ3v) is 6.94. The molecule has 13 N–H and O–H groups in total. The summed E-state index contributed by atoms with van der Waals surface area (Å²) in [4.78, 5) is 58.9. The highest BCUT2D eigenvalue weighted by molar-refractivity contribution is 5.94. The van der Waals surface area contributed by atoms with Crippen LogP contribution in [0, 0.1) is 5.92 Å². The molecule has 4 unspecified atom stereocenters. The predicted molar refractivity (Wildman–Crippen MR) is 166 cm³/mol. The second kappa shape index (κ2) is 17.7. The molecule has 238 valence electrons. The van der Waals surface area contributed by atoms with Crippen LogP contribution < -0.4 is 38.9 Å². The number of guanidine groups is 1. The molecule has 0 radical (unpaired) electrons. The van der Waals surface area contributed by atoms with E-state index in [0.29, 0.717) is 32.2 Å². The number of carboxylic acid groups (broad SMARTS) is 1. The van der Waals surface area contributed by atoms with Crippen molar-refractivity contribution in [3.8, 4) is 0 Å². The molecule has 0 saturated heterocycles. The number of aromatic amines is 1. The van der Waals surface area contributed by atoms with Gasteiger partial charge in [-0.3, -0.25) is 19.4 Å². The highest BCUT2D eigenvalue weighted by Crippen LogP contribution is 2.19. The van der Waals surface area contributed by atoms with Crippen LogP contribution in [0.1, 0.15) is 57.9 Å². The molecule has 0 spiro atoms. The van der Waals surface area contributed by atoms with Crippen LogP contribution in [0.25, 0.3) is 10.9 Å². The van der Waals surface area contributed by atoms with Gasteiger partial charge in [-0.15, -0.1) is 0 Å². The second-order valence-electron chi connectivity index (χ2n) is 11.1. The lowest BCUT2D eigenvalue weighted by molar-refractivity contribution is -0.142. The van der Waals surface area contributed by atoms with Gasteiger partial charge in [-0.25, -0.2) is 4.79 Å². The molecular weight excluding hydrogens is 554 g/mol. The number of benzene rings is 1. The molecule has 0 aliphatic heterocycles. The second-order valence-corrected chi connectivity index (χ2v) is 11.1. The molecule has 1 aromatic heterocycles. The molecular formula is C29H47N9O5. The first-order valence-corrected chi connectivity index (χ1v) is 14.6. The molecule has 0 fully saturated rings. The number of carbonyl (C=O) groups excluding carboxylic acids is 3. The summed E-state index contributed by atoms with van der Waals surface area (Å²) in [6, 6.07) is 3.35. The molecule has 14 nitrogen and oxygen atoms in total. The number of H-pyrrole nitrogens is 1. The third-order valence-electron chi connectivity index (χ3n) is 6.94. The number of aromatic nitrogens is 1. The minimum absolute atomic E-state index is 0.0343. The van der Waals surface area contributed by atoms with Gasteiger partial charge in [0.2, 0.25) is 17.7 Å². The minimum Gasteiger partial charge on any atom is -0.480 e. The normalized spacial score (nSPS) is 14.0. The number of hydrogen-bond donors (Lipinski definition) is 9. The maximum absolute atomic E-state index is 13.6. The summed E-state index contributed by atoms with van der Waals surface area (Å²) in [5, 5.41) is 18.7. The molecule has 14 heteroatoms. The first kappa shape index (κ1) is 35.0. The van der Waals surface area contributed by atoms with Crippen molar-refractivity contribution in [2.75, 3.05) is 13.1 Å². The van der Waals surface area contributed by atoms with Gasteiger partial charge in [0, 0.05) is 30.1 Å². The summed E-state index contributed by atoms with van der Waals surface area (Å²) in [6.07, 6.45) is 4.32. The fourth-order valence-electron chi connectivity index (χ4n) is 4.66. The van der Waals surface area contributed by atoms with Crippen LogP contribution in [-0.4, -0.2) is 77.0 Å². The number of carboxylic acids is 1. The van der Waals surface area contributed by atoms with Crippen molar-refractivity contribution in [2.24, 2.45) is 33.8 Å². The quantitative estimate of drug-likeness (QED) is 0.0586. The number of unbranched alkanes of at least 4 members (excludes halogenated alkanes) is 1. The maximum Gasteiger partial charge on any atom is 0.326 e. The molecule has 0 aliphatic carbocycles. The number of para-hydroxylation sites is 1. The molecule has 0 saturated carbocycles. The third kappa shape index (κ3) is 11.9. The number of rotatable bonds is 19. The number of nitrogens with zero attached hydrogens (tertiary/aromatic N) is 1. The van der Waals surface area contributed by atoms with Gasteiger partial charge in [-0.1, -0.05) is 38.5 Å². The summed E-state index contributed by atoms with van der Waals surface area (Å²) < 4.78 is 0. The lowest BCUT2D eigenvalue weighted by Gasteiger charge is -2.26. The van der Waals surface area contributed by atoms with E-state index in [1.54, 1.807) is 6.20 Å². The Morgan fingerprint density at radius 1 is 0.907 bits per heavy atom. The molecule has 2 aromatic rings. The van der Waals surface area contributed by atoms with Gasteiger partial charge >= 0.3 is 5.97 Å². The van der Waals surface area contributed by atoms with Gasteiger partial charge in [0.05, 0.1) is 6.04 Å². The monoisotopic (exact) mass is 601 g/mol. The minimum atomic E-state index is -1.23. The maximum atomic E-state index is 13.6. The van der Waals surface area contributed by atoms with E-state index in [2.05, 4.69) is 25.9 Å². The predicted octanol–water partition coefficient (Wildman–Crippen LogP) is -0.195. The van der Waals surface area contributed by atoms with Crippen molar-refractivity contribution in [1.29, 1.82) is 0 Å². The first-order valence-electron chi connectivity index (χ1n) is 14.6. The fourth-order valence-corrected chi connectivity index (χ4v) is 4.66. The van der Waals surface area contributed by atoms with Crippen LogP contribution in [0.5, 0.6) is 0 Å². The number of hydrogen-bond acceptors (Lipinski definition) is 7. The Kier molecular flexibility index (Phi) is 14.4. The number of carbonyl (C=O) groups is 4. The summed E-state index contributed by atoms with van der Waals surface area (Å²) in [7, 11) is 0. The summed E-state index contributed by atoms with van der Waals surface area (Å²) in [5.41, 5.74) is 23.8. The largest absolute Gasteiger partial charge is 0.480 e. The van der Waals surface area contributed by atoms with E-state index in [1.165, 1.54) is 0 Å². The summed E-state index contributed by atoms with van der Waals surface area (Å²) >= 11 is 0. The number of fused-ring (bicyclic) bond motifs is 1. The molecule has 1 heterocycles. The number of nitrogens with two attached hydrogens (primary N) is 4. The topological polar surface area (TPSA) is 257 Å². The van der Waals surface area contributed by atoms with E-state index in [9.17, 15) is 24.3 Å². The Hall–Kier alpha value is -4.17. The zero-order chi connectivity index (χ0) is 31.9. The average Bonchev–Trinajstić information content (AvgIpc) is 3.35. The number of amides is 3. The van der Waals surface area contributed by atoms with Crippen LogP contribution >= 0.6 is 0 Å². The zero-order valence-corrected chi connectivity index (χ0v) is 25.0. The molecule has 0 aliphatic rings. The van der Waals surface area contributed by atoms with Gasteiger partial charge in [0.15, 0.2) is 5.96 Å². The van der Waals surface area contributed by atoms with Crippen molar-refractivity contribution in [1.82, 2.24) is 20.9 Å². The lowest BCUT2D eigenvalue weighted by Crippen LogP contribution is -2.57. The molecule has 3 amide bonds. The van der Waals surface area contributed by atoms with Crippen molar-refractivity contribution >= 4 is 40.6 Å². The molecule has 1 aromatic carbocycles. The Labute approximate surface area is 251 Å². The van der Waals surface area contributed by atoms with E-state index < -0.39 is 47.9 Å². The number of aliphatic carboxylic acids is 1. The Morgan fingerprint density at radius 2 is 1.56 bits per heavy atom. The first-order chi connectivity index (χ1) is 20.4. The van der Waals surface area contributed by atoms with Crippen LogP contribution in [0.2, 0.25) is 0 Å². The SMILES string of the molecule is CC(C)CC(NC(=O)C(N)CCCCN)C(=O)NC(Cc1c[nH]c2ccccc12)C(=O)NC(CCCN=C(N)N)C(=O)O.